The predicted molar refractivity (Wildman–Crippen MR) is 116 cm³/mol. The maximum atomic E-state index is 13.2. The van der Waals surface area contributed by atoms with Gasteiger partial charge in [0.25, 0.3) is 5.56 Å². The zero-order valence-electron chi connectivity index (χ0n) is 16.1. The molecule has 4 aromatic rings. The molecule has 0 saturated carbocycles. The number of hydrogen-bond donors (Lipinski definition) is 1. The number of pyridine rings is 1. The van der Waals surface area contributed by atoms with E-state index in [1.807, 2.05) is 12.1 Å². The smallest absolute Gasteiger partial charge is 0.255 e. The summed E-state index contributed by atoms with van der Waals surface area (Å²) in [5.74, 6) is 0.366. The fourth-order valence-electron chi connectivity index (χ4n) is 3.71. The van der Waals surface area contributed by atoms with Gasteiger partial charge in [0, 0.05) is 53.8 Å². The summed E-state index contributed by atoms with van der Waals surface area (Å²) >= 11 is 1.70. The highest BCUT2D eigenvalue weighted by Crippen LogP contribution is 2.30. The first kappa shape index (κ1) is 18.8. The number of nitrogens with zero attached hydrogens (tertiary/aromatic N) is 3. The van der Waals surface area contributed by atoms with Crippen LogP contribution < -0.4 is 5.56 Å². The molecule has 0 atom stereocenters. The van der Waals surface area contributed by atoms with Gasteiger partial charge < -0.3 is 4.98 Å². The van der Waals surface area contributed by atoms with E-state index in [9.17, 15) is 9.18 Å². The second-order valence-electron chi connectivity index (χ2n) is 7.31. The van der Waals surface area contributed by atoms with Gasteiger partial charge in [0.1, 0.15) is 11.6 Å². The second-order valence-corrected chi connectivity index (χ2v) is 8.48. The molecule has 1 N–H and O–H groups in total. The quantitative estimate of drug-likeness (QED) is 0.538. The first-order valence-corrected chi connectivity index (χ1v) is 10.6. The highest BCUT2D eigenvalue weighted by Gasteiger charge is 2.22. The molecule has 150 valence electrons. The Morgan fingerprint density at radius 2 is 1.83 bits per heavy atom. The largest absolute Gasteiger partial charge is 0.306 e. The van der Waals surface area contributed by atoms with E-state index in [0.717, 1.165) is 46.8 Å². The van der Waals surface area contributed by atoms with Crippen LogP contribution >= 0.6 is 11.3 Å². The molecule has 0 spiro atoms. The Balaban J connectivity index is 1.33. The summed E-state index contributed by atoms with van der Waals surface area (Å²) in [6, 6.07) is 14.4. The van der Waals surface area contributed by atoms with Crippen LogP contribution in [0.1, 0.15) is 16.1 Å². The first-order valence-electron chi connectivity index (χ1n) is 9.75. The van der Waals surface area contributed by atoms with Gasteiger partial charge >= 0.3 is 0 Å². The molecule has 0 aliphatic carbocycles. The molecule has 0 bridgehead atoms. The normalized spacial score (nSPS) is 13.9. The first-order chi connectivity index (χ1) is 14.7. The third kappa shape index (κ3) is 3.81. The van der Waals surface area contributed by atoms with Crippen molar-refractivity contribution in [3.05, 3.63) is 93.2 Å². The minimum absolute atomic E-state index is 0.0744. The van der Waals surface area contributed by atoms with Crippen molar-refractivity contribution in [1.82, 2.24) is 19.9 Å². The summed E-state index contributed by atoms with van der Waals surface area (Å²) in [5, 5.41) is 0. The fourth-order valence-corrected chi connectivity index (χ4v) is 4.77. The van der Waals surface area contributed by atoms with Crippen molar-refractivity contribution >= 4 is 11.3 Å². The van der Waals surface area contributed by atoms with Crippen molar-refractivity contribution in [3.63, 3.8) is 0 Å². The molecule has 0 radical (unpaired) electrons. The minimum Gasteiger partial charge on any atom is -0.306 e. The standard InChI is InChI=1S/C23H19FN4OS/c24-17-3-1-15(2-4-17)21-6-5-18(30-21)13-28-12-9-20-19(14-28)23(29)27-22(26-20)16-7-10-25-11-8-16/h1-8,10-11H,9,12-14H2,(H,26,27,29). The summed E-state index contributed by atoms with van der Waals surface area (Å²) in [6.45, 7) is 2.21. The molecule has 4 heterocycles. The highest BCUT2D eigenvalue weighted by atomic mass is 32.1. The lowest BCUT2D eigenvalue weighted by atomic mass is 10.1. The number of aromatic amines is 1. The Morgan fingerprint density at radius 3 is 2.63 bits per heavy atom. The number of aromatic nitrogens is 3. The lowest BCUT2D eigenvalue weighted by Gasteiger charge is -2.27. The SMILES string of the molecule is O=c1[nH]c(-c2ccncc2)nc2c1CN(Cc1ccc(-c3ccc(F)cc3)s1)CC2. The van der Waals surface area contributed by atoms with E-state index in [2.05, 4.69) is 27.0 Å². The molecule has 7 heteroatoms. The molecule has 1 aliphatic heterocycles. The number of rotatable bonds is 4. The Bertz CT molecular complexity index is 1230. The Hall–Kier alpha value is -3.16. The molecule has 5 rings (SSSR count). The van der Waals surface area contributed by atoms with Crippen LogP contribution in [0.3, 0.4) is 0 Å². The lowest BCUT2D eigenvalue weighted by Crippen LogP contribution is -2.35. The van der Waals surface area contributed by atoms with E-state index in [0.29, 0.717) is 12.4 Å². The molecule has 1 aromatic carbocycles. The van der Waals surface area contributed by atoms with E-state index in [-0.39, 0.29) is 11.4 Å². The number of nitrogens with one attached hydrogen (secondary N) is 1. The Kier molecular flexibility index (Phi) is 4.98. The van der Waals surface area contributed by atoms with E-state index < -0.39 is 0 Å². The average Bonchev–Trinajstić information content (AvgIpc) is 3.23. The summed E-state index contributed by atoms with van der Waals surface area (Å²) in [4.78, 5) is 28.9. The zero-order valence-corrected chi connectivity index (χ0v) is 17.0. The molecular formula is C23H19FN4OS. The summed E-state index contributed by atoms with van der Waals surface area (Å²) in [7, 11) is 0. The van der Waals surface area contributed by atoms with Crippen LogP contribution in [-0.4, -0.2) is 26.4 Å². The molecule has 3 aromatic heterocycles. The van der Waals surface area contributed by atoms with Crippen LogP contribution in [0.25, 0.3) is 21.8 Å². The van der Waals surface area contributed by atoms with Crippen molar-refractivity contribution in [2.24, 2.45) is 0 Å². The molecule has 5 nitrogen and oxygen atoms in total. The average molecular weight is 418 g/mol. The van der Waals surface area contributed by atoms with Gasteiger partial charge in [-0.05, 0) is 42.0 Å². The molecule has 30 heavy (non-hydrogen) atoms. The van der Waals surface area contributed by atoms with Gasteiger partial charge in [-0.15, -0.1) is 11.3 Å². The van der Waals surface area contributed by atoms with Crippen molar-refractivity contribution in [1.29, 1.82) is 0 Å². The number of H-pyrrole nitrogens is 1. The van der Waals surface area contributed by atoms with Crippen molar-refractivity contribution < 1.29 is 4.39 Å². The van der Waals surface area contributed by atoms with E-state index in [4.69, 9.17) is 4.98 Å². The van der Waals surface area contributed by atoms with Crippen LogP contribution in [0.5, 0.6) is 0 Å². The van der Waals surface area contributed by atoms with Gasteiger partial charge in [-0.2, -0.15) is 0 Å². The zero-order chi connectivity index (χ0) is 20.5. The van der Waals surface area contributed by atoms with Gasteiger partial charge in [0.2, 0.25) is 0 Å². The van der Waals surface area contributed by atoms with Crippen molar-refractivity contribution in [2.75, 3.05) is 6.54 Å². The van der Waals surface area contributed by atoms with E-state index in [1.165, 1.54) is 17.0 Å². The van der Waals surface area contributed by atoms with Crippen LogP contribution in [0.2, 0.25) is 0 Å². The molecule has 0 amide bonds. The summed E-state index contributed by atoms with van der Waals surface area (Å²) in [5.41, 5.74) is 3.42. The lowest BCUT2D eigenvalue weighted by molar-refractivity contribution is 0.244. The van der Waals surface area contributed by atoms with Crippen LogP contribution in [0, 0.1) is 5.82 Å². The number of hydrogen-bond acceptors (Lipinski definition) is 5. The molecule has 0 unspecified atom stereocenters. The van der Waals surface area contributed by atoms with Crippen LogP contribution in [-0.2, 0) is 19.5 Å². The van der Waals surface area contributed by atoms with Crippen molar-refractivity contribution in [2.45, 2.75) is 19.5 Å². The molecule has 1 aliphatic rings. The minimum atomic E-state index is -0.228. The molecule has 0 fully saturated rings. The fraction of sp³-hybridized carbons (Fsp3) is 0.174. The van der Waals surface area contributed by atoms with Gasteiger partial charge in [-0.3, -0.25) is 14.7 Å². The summed E-state index contributed by atoms with van der Waals surface area (Å²) < 4.78 is 13.2. The number of thiophene rings is 1. The van der Waals surface area contributed by atoms with Gasteiger partial charge in [0.05, 0.1) is 11.3 Å². The summed E-state index contributed by atoms with van der Waals surface area (Å²) in [6.07, 6.45) is 4.13. The monoisotopic (exact) mass is 418 g/mol. The number of benzene rings is 1. The highest BCUT2D eigenvalue weighted by molar-refractivity contribution is 7.15. The third-order valence-corrected chi connectivity index (χ3v) is 6.39. The maximum Gasteiger partial charge on any atom is 0.255 e. The van der Waals surface area contributed by atoms with Gasteiger partial charge in [-0.1, -0.05) is 12.1 Å². The number of halogens is 1. The Morgan fingerprint density at radius 1 is 1.03 bits per heavy atom. The molecule has 0 saturated heterocycles. The van der Waals surface area contributed by atoms with E-state index >= 15 is 0 Å². The van der Waals surface area contributed by atoms with Crippen LogP contribution in [0.15, 0.2) is 65.7 Å². The predicted octanol–water partition coefficient (Wildman–Crippen LogP) is 4.26. The van der Waals surface area contributed by atoms with Crippen molar-refractivity contribution in [3.8, 4) is 21.8 Å². The molecular weight excluding hydrogens is 399 g/mol. The topological polar surface area (TPSA) is 61.9 Å². The second kappa shape index (κ2) is 7.93. The van der Waals surface area contributed by atoms with Crippen LogP contribution in [0.4, 0.5) is 4.39 Å². The third-order valence-electron chi connectivity index (χ3n) is 5.27. The number of fused-ring (bicyclic) bond motifs is 1. The Labute approximate surface area is 176 Å². The van der Waals surface area contributed by atoms with Gasteiger partial charge in [0.15, 0.2) is 0 Å². The van der Waals surface area contributed by atoms with E-state index in [1.54, 1.807) is 35.9 Å². The van der Waals surface area contributed by atoms with Gasteiger partial charge in [-0.25, -0.2) is 9.37 Å². The maximum absolute atomic E-state index is 13.2.